The summed E-state index contributed by atoms with van der Waals surface area (Å²) < 4.78 is 11.0. The fourth-order valence-corrected chi connectivity index (χ4v) is 5.33. The van der Waals surface area contributed by atoms with Crippen molar-refractivity contribution >= 4 is 0 Å². The van der Waals surface area contributed by atoms with Crippen molar-refractivity contribution in [3.63, 3.8) is 0 Å². The third kappa shape index (κ3) is 4.01. The van der Waals surface area contributed by atoms with Crippen LogP contribution in [0.2, 0.25) is 0 Å². The topological polar surface area (TPSA) is 41.9 Å². The molecule has 0 bridgehead atoms. The Morgan fingerprint density at radius 2 is 1.76 bits per heavy atom. The summed E-state index contributed by atoms with van der Waals surface area (Å²) in [6.45, 7) is 3.92. The first kappa shape index (κ1) is 20.2. The Hall–Kier alpha value is -2.04. The number of benzene rings is 2. The van der Waals surface area contributed by atoms with Crippen LogP contribution in [0.15, 0.2) is 42.5 Å². The van der Waals surface area contributed by atoms with Gasteiger partial charge in [0.25, 0.3) is 0 Å². The smallest absolute Gasteiger partial charge is 0.161 e. The van der Waals surface area contributed by atoms with Gasteiger partial charge in [0.05, 0.1) is 19.8 Å². The number of likely N-dealkylation sites (tertiary alicyclic amines) is 1. The lowest BCUT2D eigenvalue weighted by atomic mass is 9.66. The molecule has 1 saturated carbocycles. The number of aliphatic hydroxyl groups is 1. The molecule has 4 rings (SSSR count). The predicted molar refractivity (Wildman–Crippen MR) is 115 cm³/mol. The maximum absolute atomic E-state index is 11.5. The summed E-state index contributed by atoms with van der Waals surface area (Å²) in [5.41, 5.74) is 3.26. The van der Waals surface area contributed by atoms with Crippen LogP contribution in [0.3, 0.4) is 0 Å². The second-order valence-electron chi connectivity index (χ2n) is 8.72. The standard InChI is InChI=1S/C25H33NO3/c1-18-7-9-19(10-8-18)17-26-15-14-25(27)13-5-4-6-21(25)24(26)20-11-12-22(28-2)23(16-20)29-3/h7-12,16,21,24,27H,4-6,13-15,17H2,1-3H3/t21?,24-,25?/m0/s1. The highest BCUT2D eigenvalue weighted by atomic mass is 16.5. The zero-order chi connectivity index (χ0) is 20.4. The molecule has 2 aromatic rings. The van der Waals surface area contributed by atoms with E-state index < -0.39 is 5.60 Å². The van der Waals surface area contributed by atoms with E-state index in [1.165, 1.54) is 23.1 Å². The molecule has 0 amide bonds. The molecule has 156 valence electrons. The fraction of sp³-hybridized carbons (Fsp3) is 0.520. The molecular weight excluding hydrogens is 362 g/mol. The van der Waals surface area contributed by atoms with Crippen LogP contribution in [0.4, 0.5) is 0 Å². The van der Waals surface area contributed by atoms with E-state index in [0.29, 0.717) is 0 Å². The number of rotatable bonds is 5. The Balaban J connectivity index is 1.71. The largest absolute Gasteiger partial charge is 0.493 e. The monoisotopic (exact) mass is 395 g/mol. The molecule has 2 fully saturated rings. The van der Waals surface area contributed by atoms with Gasteiger partial charge < -0.3 is 14.6 Å². The van der Waals surface area contributed by atoms with Gasteiger partial charge in [0.2, 0.25) is 0 Å². The van der Waals surface area contributed by atoms with Gasteiger partial charge in [-0.05, 0) is 49.4 Å². The van der Waals surface area contributed by atoms with Crippen molar-refractivity contribution in [3.8, 4) is 11.5 Å². The lowest BCUT2D eigenvalue weighted by Crippen LogP contribution is -2.54. The van der Waals surface area contributed by atoms with Gasteiger partial charge in [-0.1, -0.05) is 48.7 Å². The lowest BCUT2D eigenvalue weighted by molar-refractivity contribution is -0.126. The summed E-state index contributed by atoms with van der Waals surface area (Å²) in [5.74, 6) is 1.75. The minimum absolute atomic E-state index is 0.176. The first-order valence-electron chi connectivity index (χ1n) is 10.8. The van der Waals surface area contributed by atoms with Crippen molar-refractivity contribution in [2.45, 2.75) is 57.2 Å². The van der Waals surface area contributed by atoms with Gasteiger partial charge in [-0.25, -0.2) is 0 Å². The molecule has 2 aliphatic rings. The highest BCUT2D eigenvalue weighted by Crippen LogP contribution is 2.50. The highest BCUT2D eigenvalue weighted by Gasteiger charge is 2.48. The molecular formula is C25H33NO3. The van der Waals surface area contributed by atoms with Crippen LogP contribution in [0.25, 0.3) is 0 Å². The molecule has 2 unspecified atom stereocenters. The maximum atomic E-state index is 11.5. The summed E-state index contributed by atoms with van der Waals surface area (Å²) in [6.07, 6.45) is 5.16. The molecule has 1 aliphatic heterocycles. The summed E-state index contributed by atoms with van der Waals surface area (Å²) in [5, 5.41) is 11.5. The fourth-order valence-electron chi connectivity index (χ4n) is 5.33. The van der Waals surface area contributed by atoms with E-state index in [1.54, 1.807) is 14.2 Å². The second-order valence-corrected chi connectivity index (χ2v) is 8.72. The Morgan fingerprint density at radius 1 is 1.00 bits per heavy atom. The average molecular weight is 396 g/mol. The van der Waals surface area contributed by atoms with Gasteiger partial charge in [0, 0.05) is 25.0 Å². The van der Waals surface area contributed by atoms with Gasteiger partial charge in [-0.15, -0.1) is 0 Å². The van der Waals surface area contributed by atoms with Crippen LogP contribution in [0, 0.1) is 12.8 Å². The van der Waals surface area contributed by atoms with Gasteiger partial charge in [-0.2, -0.15) is 0 Å². The molecule has 1 aliphatic carbocycles. The van der Waals surface area contributed by atoms with Crippen LogP contribution >= 0.6 is 0 Å². The second kappa shape index (κ2) is 8.37. The summed E-state index contributed by atoms with van der Waals surface area (Å²) in [6, 6.07) is 15.2. The third-order valence-electron chi connectivity index (χ3n) is 6.93. The molecule has 1 N–H and O–H groups in total. The van der Waals surface area contributed by atoms with Crippen LogP contribution in [0.5, 0.6) is 11.5 Å². The Bertz CT molecular complexity index is 834. The average Bonchev–Trinajstić information content (AvgIpc) is 2.74. The van der Waals surface area contributed by atoms with Gasteiger partial charge >= 0.3 is 0 Å². The zero-order valence-electron chi connectivity index (χ0n) is 17.9. The first-order chi connectivity index (χ1) is 14.0. The van der Waals surface area contributed by atoms with Crippen molar-refractivity contribution in [2.24, 2.45) is 5.92 Å². The molecule has 29 heavy (non-hydrogen) atoms. The number of piperidine rings is 1. The van der Waals surface area contributed by atoms with Gasteiger partial charge in [0.15, 0.2) is 11.5 Å². The summed E-state index contributed by atoms with van der Waals surface area (Å²) in [4.78, 5) is 2.55. The normalized spacial score (nSPS) is 27.3. The highest BCUT2D eigenvalue weighted by molar-refractivity contribution is 5.44. The Morgan fingerprint density at radius 3 is 2.48 bits per heavy atom. The van der Waals surface area contributed by atoms with Crippen molar-refractivity contribution in [1.29, 1.82) is 0 Å². The van der Waals surface area contributed by atoms with Crippen LogP contribution < -0.4 is 9.47 Å². The summed E-state index contributed by atoms with van der Waals surface area (Å²) >= 11 is 0. The van der Waals surface area contributed by atoms with Crippen LogP contribution in [0.1, 0.15) is 54.8 Å². The van der Waals surface area contributed by atoms with Gasteiger partial charge in [-0.3, -0.25) is 4.90 Å². The van der Waals surface area contributed by atoms with Crippen molar-refractivity contribution in [1.82, 2.24) is 4.90 Å². The molecule has 0 radical (unpaired) electrons. The minimum Gasteiger partial charge on any atom is -0.493 e. The minimum atomic E-state index is -0.556. The van der Waals surface area contributed by atoms with E-state index in [9.17, 15) is 5.11 Å². The zero-order valence-corrected chi connectivity index (χ0v) is 17.9. The molecule has 3 atom stereocenters. The van der Waals surface area contributed by atoms with Gasteiger partial charge in [0.1, 0.15) is 0 Å². The van der Waals surface area contributed by atoms with E-state index in [2.05, 4.69) is 48.2 Å². The molecule has 1 saturated heterocycles. The molecule has 1 heterocycles. The number of fused-ring (bicyclic) bond motifs is 1. The molecule has 0 spiro atoms. The molecule has 4 heteroatoms. The van der Waals surface area contributed by atoms with E-state index >= 15 is 0 Å². The van der Waals surface area contributed by atoms with E-state index in [-0.39, 0.29) is 12.0 Å². The molecule has 0 aromatic heterocycles. The number of nitrogens with zero attached hydrogens (tertiary/aromatic N) is 1. The number of ether oxygens (including phenoxy) is 2. The van der Waals surface area contributed by atoms with Crippen molar-refractivity contribution in [3.05, 3.63) is 59.2 Å². The number of methoxy groups -OCH3 is 2. The van der Waals surface area contributed by atoms with Crippen LogP contribution in [-0.2, 0) is 6.54 Å². The first-order valence-corrected chi connectivity index (χ1v) is 10.8. The number of hydrogen-bond acceptors (Lipinski definition) is 4. The maximum Gasteiger partial charge on any atom is 0.161 e. The van der Waals surface area contributed by atoms with Crippen LogP contribution in [-0.4, -0.2) is 36.4 Å². The number of aryl methyl sites for hydroxylation is 1. The van der Waals surface area contributed by atoms with E-state index in [0.717, 1.165) is 50.3 Å². The Labute approximate surface area is 174 Å². The molecule has 2 aromatic carbocycles. The number of hydrogen-bond donors (Lipinski definition) is 1. The quantitative estimate of drug-likeness (QED) is 0.783. The Kier molecular flexibility index (Phi) is 5.84. The third-order valence-corrected chi connectivity index (χ3v) is 6.93. The van der Waals surface area contributed by atoms with E-state index in [4.69, 9.17) is 9.47 Å². The SMILES string of the molecule is COc1ccc([C@H]2C3CCCCC3(O)CCN2Cc2ccc(C)cc2)cc1OC. The molecule has 4 nitrogen and oxygen atoms in total. The van der Waals surface area contributed by atoms with E-state index in [1.807, 2.05) is 6.07 Å². The van der Waals surface area contributed by atoms with Crippen molar-refractivity contribution < 1.29 is 14.6 Å². The predicted octanol–water partition coefficient (Wildman–Crippen LogP) is 4.88. The lowest BCUT2D eigenvalue weighted by Gasteiger charge is -2.53. The van der Waals surface area contributed by atoms with Crippen molar-refractivity contribution in [2.75, 3.05) is 20.8 Å². The summed E-state index contributed by atoms with van der Waals surface area (Å²) in [7, 11) is 3.35.